The van der Waals surface area contributed by atoms with E-state index in [9.17, 15) is 4.79 Å². The smallest absolute Gasteiger partial charge is 0.409 e. The largest absolute Gasteiger partial charge is 0.450 e. The molecular formula is C7H17NO2Si. The first-order valence-electron chi connectivity index (χ1n) is 4.10. The second-order valence-corrected chi connectivity index (χ2v) is 3.47. The predicted molar refractivity (Wildman–Crippen MR) is 49.0 cm³/mol. The van der Waals surface area contributed by atoms with E-state index >= 15 is 0 Å². The van der Waals surface area contributed by atoms with E-state index in [0.29, 0.717) is 6.61 Å². The van der Waals surface area contributed by atoms with Gasteiger partial charge in [0.25, 0.3) is 0 Å². The van der Waals surface area contributed by atoms with E-state index in [4.69, 9.17) is 4.74 Å². The minimum absolute atomic E-state index is 0.206. The first-order chi connectivity index (χ1) is 5.22. The van der Waals surface area contributed by atoms with Crippen LogP contribution in [0.5, 0.6) is 0 Å². The monoisotopic (exact) mass is 175 g/mol. The lowest BCUT2D eigenvalue weighted by Crippen LogP contribution is -2.28. The third-order valence-corrected chi connectivity index (χ3v) is 2.13. The fourth-order valence-electron chi connectivity index (χ4n) is 0.720. The highest BCUT2D eigenvalue weighted by molar-refractivity contribution is 6.08. The SMILES string of the molecule is CCOC(=O)N(C)CCC[SiH3]. The lowest BCUT2D eigenvalue weighted by molar-refractivity contribution is 0.116. The van der Waals surface area contributed by atoms with Gasteiger partial charge in [-0.25, -0.2) is 4.79 Å². The van der Waals surface area contributed by atoms with Gasteiger partial charge in [-0.05, 0) is 13.3 Å². The molecule has 0 unspecified atom stereocenters. The van der Waals surface area contributed by atoms with Gasteiger partial charge in [-0.1, -0.05) is 6.04 Å². The molecule has 0 radical (unpaired) electrons. The summed E-state index contributed by atoms with van der Waals surface area (Å²) in [5, 5.41) is 0. The molecule has 0 atom stereocenters. The number of nitrogens with zero attached hydrogens (tertiary/aromatic N) is 1. The van der Waals surface area contributed by atoms with Crippen LogP contribution in [0.25, 0.3) is 0 Å². The molecule has 0 aromatic heterocycles. The molecule has 0 spiro atoms. The molecule has 0 saturated carbocycles. The number of carbonyl (C=O) groups excluding carboxylic acids is 1. The van der Waals surface area contributed by atoms with Gasteiger partial charge in [0.1, 0.15) is 0 Å². The van der Waals surface area contributed by atoms with Crippen molar-refractivity contribution in [3.63, 3.8) is 0 Å². The molecule has 0 saturated heterocycles. The fraction of sp³-hybridized carbons (Fsp3) is 0.857. The first kappa shape index (κ1) is 10.5. The van der Waals surface area contributed by atoms with Crippen LogP contribution in [0.1, 0.15) is 13.3 Å². The van der Waals surface area contributed by atoms with Crippen molar-refractivity contribution >= 4 is 16.3 Å². The lowest BCUT2D eigenvalue weighted by atomic mass is 10.4. The minimum Gasteiger partial charge on any atom is -0.450 e. The first-order valence-corrected chi connectivity index (χ1v) is 5.51. The maximum atomic E-state index is 11.0. The highest BCUT2D eigenvalue weighted by Crippen LogP contribution is 1.93. The van der Waals surface area contributed by atoms with Gasteiger partial charge >= 0.3 is 6.09 Å². The Kier molecular flexibility index (Phi) is 5.92. The van der Waals surface area contributed by atoms with Crippen molar-refractivity contribution in [2.45, 2.75) is 19.4 Å². The van der Waals surface area contributed by atoms with Crippen molar-refractivity contribution in [1.29, 1.82) is 0 Å². The Morgan fingerprint density at radius 1 is 1.64 bits per heavy atom. The molecule has 0 fully saturated rings. The number of hydrogen-bond donors (Lipinski definition) is 0. The highest BCUT2D eigenvalue weighted by Gasteiger charge is 2.06. The van der Waals surface area contributed by atoms with Crippen LogP contribution < -0.4 is 0 Å². The van der Waals surface area contributed by atoms with Crippen LogP contribution >= 0.6 is 0 Å². The molecule has 0 aliphatic heterocycles. The third kappa shape index (κ3) is 4.84. The van der Waals surface area contributed by atoms with Crippen molar-refractivity contribution in [2.75, 3.05) is 20.2 Å². The molecule has 3 nitrogen and oxygen atoms in total. The van der Waals surface area contributed by atoms with E-state index in [1.54, 1.807) is 11.9 Å². The van der Waals surface area contributed by atoms with Gasteiger partial charge < -0.3 is 9.64 Å². The third-order valence-electron chi connectivity index (χ3n) is 1.43. The molecule has 66 valence electrons. The summed E-state index contributed by atoms with van der Waals surface area (Å²) in [5.41, 5.74) is 0. The molecule has 0 N–H and O–H groups in total. The molecule has 0 aromatic rings. The zero-order chi connectivity index (χ0) is 8.69. The van der Waals surface area contributed by atoms with E-state index in [1.165, 1.54) is 16.3 Å². The van der Waals surface area contributed by atoms with E-state index in [1.807, 2.05) is 6.92 Å². The van der Waals surface area contributed by atoms with Gasteiger partial charge in [-0.3, -0.25) is 0 Å². The molecule has 4 heteroatoms. The van der Waals surface area contributed by atoms with Crippen LogP contribution in [0.4, 0.5) is 4.79 Å². The standard InChI is InChI=1S/C7H17NO2Si/c1-3-10-7(9)8(2)5-4-6-11/h3-6H2,1-2,11H3. The van der Waals surface area contributed by atoms with E-state index in [0.717, 1.165) is 13.0 Å². The molecule has 0 aromatic carbocycles. The molecule has 11 heavy (non-hydrogen) atoms. The second-order valence-electron chi connectivity index (χ2n) is 2.47. The van der Waals surface area contributed by atoms with Crippen LogP contribution in [0.2, 0.25) is 6.04 Å². The Morgan fingerprint density at radius 3 is 2.73 bits per heavy atom. The molecule has 0 heterocycles. The summed E-state index contributed by atoms with van der Waals surface area (Å²) < 4.78 is 4.80. The van der Waals surface area contributed by atoms with E-state index < -0.39 is 0 Å². The quantitative estimate of drug-likeness (QED) is 0.573. The summed E-state index contributed by atoms with van der Waals surface area (Å²) >= 11 is 0. The van der Waals surface area contributed by atoms with Gasteiger partial charge in [0.2, 0.25) is 0 Å². The normalized spacial score (nSPS) is 9.64. The van der Waals surface area contributed by atoms with Crippen molar-refractivity contribution < 1.29 is 9.53 Å². The van der Waals surface area contributed by atoms with E-state index in [2.05, 4.69) is 0 Å². The molecule has 0 rings (SSSR count). The Morgan fingerprint density at radius 2 is 2.27 bits per heavy atom. The van der Waals surface area contributed by atoms with Crippen molar-refractivity contribution in [1.82, 2.24) is 4.90 Å². The van der Waals surface area contributed by atoms with Gasteiger partial charge in [-0.15, -0.1) is 0 Å². The van der Waals surface area contributed by atoms with E-state index in [-0.39, 0.29) is 6.09 Å². The second kappa shape index (κ2) is 6.21. The zero-order valence-electron chi connectivity index (χ0n) is 7.59. The van der Waals surface area contributed by atoms with Gasteiger partial charge in [0.05, 0.1) is 6.61 Å². The number of carbonyl (C=O) groups is 1. The van der Waals surface area contributed by atoms with Crippen LogP contribution in [-0.4, -0.2) is 41.4 Å². The Labute approximate surface area is 71.1 Å². The van der Waals surface area contributed by atoms with Crippen molar-refractivity contribution in [2.24, 2.45) is 0 Å². The summed E-state index contributed by atoms with van der Waals surface area (Å²) in [6.07, 6.45) is 0.893. The predicted octanol–water partition coefficient (Wildman–Crippen LogP) is 0.248. The fourth-order valence-corrected chi connectivity index (χ4v) is 1.04. The molecule has 0 aliphatic rings. The van der Waals surface area contributed by atoms with Gasteiger partial charge in [0.15, 0.2) is 0 Å². The van der Waals surface area contributed by atoms with Crippen LogP contribution in [0.15, 0.2) is 0 Å². The molecular weight excluding hydrogens is 158 g/mol. The van der Waals surface area contributed by atoms with Gasteiger partial charge in [0, 0.05) is 23.8 Å². The number of amides is 1. The van der Waals surface area contributed by atoms with Crippen LogP contribution in [0, 0.1) is 0 Å². The number of hydrogen-bond acceptors (Lipinski definition) is 2. The van der Waals surface area contributed by atoms with Crippen molar-refractivity contribution in [3.8, 4) is 0 Å². The number of rotatable bonds is 4. The molecule has 1 amide bonds. The van der Waals surface area contributed by atoms with Gasteiger partial charge in [-0.2, -0.15) is 0 Å². The maximum Gasteiger partial charge on any atom is 0.409 e. The highest BCUT2D eigenvalue weighted by atomic mass is 28.1. The summed E-state index contributed by atoms with van der Waals surface area (Å²) in [7, 11) is 2.99. The average molecular weight is 175 g/mol. The summed E-state index contributed by atoms with van der Waals surface area (Å²) in [4.78, 5) is 12.6. The average Bonchev–Trinajstić information content (AvgIpc) is 2.00. The Bertz CT molecular complexity index is 119. The lowest BCUT2D eigenvalue weighted by Gasteiger charge is -2.15. The summed E-state index contributed by atoms with van der Waals surface area (Å²) in [6, 6.07) is 1.24. The molecule has 0 bridgehead atoms. The Balaban J connectivity index is 3.46. The summed E-state index contributed by atoms with van der Waals surface area (Å²) in [5.74, 6) is 0. The number of ether oxygens (including phenoxy) is 1. The Hall–Kier alpha value is -0.513. The van der Waals surface area contributed by atoms with Crippen molar-refractivity contribution in [3.05, 3.63) is 0 Å². The molecule has 0 aliphatic carbocycles. The minimum atomic E-state index is -0.206. The van der Waals surface area contributed by atoms with Crippen LogP contribution in [0.3, 0.4) is 0 Å². The van der Waals surface area contributed by atoms with Crippen LogP contribution in [-0.2, 0) is 4.74 Å². The zero-order valence-corrected chi connectivity index (χ0v) is 9.59. The summed E-state index contributed by atoms with van der Waals surface area (Å²) in [6.45, 7) is 3.10. The maximum absolute atomic E-state index is 11.0. The topological polar surface area (TPSA) is 29.5 Å².